The number of aryl methyl sites for hydroxylation is 1. The van der Waals surface area contributed by atoms with Gasteiger partial charge in [-0.1, -0.05) is 30.3 Å². The molecule has 1 saturated heterocycles. The molecule has 0 spiro atoms. The molecule has 1 aliphatic heterocycles. The van der Waals surface area contributed by atoms with E-state index in [0.717, 1.165) is 34.9 Å². The number of carbonyl (C=O) groups excluding carboxylic acids is 1. The van der Waals surface area contributed by atoms with Crippen molar-refractivity contribution in [3.05, 3.63) is 65.2 Å². The molecule has 0 unspecified atom stereocenters. The van der Waals surface area contributed by atoms with E-state index in [-0.39, 0.29) is 5.91 Å². The van der Waals surface area contributed by atoms with E-state index in [0.29, 0.717) is 4.88 Å². The zero-order valence-electron chi connectivity index (χ0n) is 14.7. The summed E-state index contributed by atoms with van der Waals surface area (Å²) >= 11 is 1.41. The zero-order chi connectivity index (χ0) is 17.9. The number of anilines is 2. The second-order valence-corrected chi connectivity index (χ2v) is 7.57. The Labute approximate surface area is 157 Å². The first-order valence-corrected chi connectivity index (χ1v) is 9.70. The highest BCUT2D eigenvalue weighted by Gasteiger charge is 2.15. The number of nitrogens with zero attached hydrogens (tertiary/aromatic N) is 2. The lowest BCUT2D eigenvalue weighted by molar-refractivity contribution is 0.103. The molecule has 4 rings (SSSR count). The van der Waals surface area contributed by atoms with Crippen molar-refractivity contribution in [1.82, 2.24) is 4.98 Å². The van der Waals surface area contributed by atoms with Crippen molar-refractivity contribution >= 4 is 28.6 Å². The van der Waals surface area contributed by atoms with E-state index in [9.17, 15) is 4.79 Å². The van der Waals surface area contributed by atoms with Crippen LogP contribution in [0.1, 0.15) is 28.1 Å². The first kappa shape index (κ1) is 16.8. The third kappa shape index (κ3) is 3.48. The van der Waals surface area contributed by atoms with Crippen LogP contribution in [0.3, 0.4) is 0 Å². The van der Waals surface area contributed by atoms with Crippen molar-refractivity contribution < 1.29 is 4.79 Å². The molecule has 0 bridgehead atoms. The van der Waals surface area contributed by atoms with Crippen molar-refractivity contribution in [2.24, 2.45) is 0 Å². The minimum absolute atomic E-state index is 0.110. The second kappa shape index (κ2) is 7.30. The predicted octanol–water partition coefficient (Wildman–Crippen LogP) is 4.97. The van der Waals surface area contributed by atoms with Gasteiger partial charge in [-0.15, -0.1) is 11.3 Å². The third-order valence-electron chi connectivity index (χ3n) is 4.68. The topological polar surface area (TPSA) is 45.2 Å². The first-order valence-electron chi connectivity index (χ1n) is 8.89. The van der Waals surface area contributed by atoms with Gasteiger partial charge in [0.2, 0.25) is 0 Å². The minimum atomic E-state index is -0.110. The number of benzene rings is 2. The highest BCUT2D eigenvalue weighted by molar-refractivity contribution is 7.17. The van der Waals surface area contributed by atoms with Crippen LogP contribution >= 0.6 is 11.3 Å². The van der Waals surface area contributed by atoms with Gasteiger partial charge in [-0.3, -0.25) is 4.79 Å². The van der Waals surface area contributed by atoms with Crippen LogP contribution in [0.15, 0.2) is 54.7 Å². The van der Waals surface area contributed by atoms with Gasteiger partial charge in [0.1, 0.15) is 9.88 Å². The molecule has 0 radical (unpaired) electrons. The maximum Gasteiger partial charge on any atom is 0.267 e. The van der Waals surface area contributed by atoms with Gasteiger partial charge in [0.25, 0.3) is 5.91 Å². The van der Waals surface area contributed by atoms with Gasteiger partial charge in [-0.05, 0) is 43.5 Å². The number of hydrogen-bond acceptors (Lipinski definition) is 4. The molecule has 132 valence electrons. The molecule has 4 nitrogen and oxygen atoms in total. The number of nitrogens with one attached hydrogen (secondary N) is 1. The van der Waals surface area contributed by atoms with Crippen LogP contribution in [0.25, 0.3) is 10.6 Å². The molecule has 2 heterocycles. The van der Waals surface area contributed by atoms with Crippen LogP contribution in [0.2, 0.25) is 0 Å². The lowest BCUT2D eigenvalue weighted by Crippen LogP contribution is -2.18. The van der Waals surface area contributed by atoms with E-state index in [4.69, 9.17) is 0 Å². The normalized spacial score (nSPS) is 13.8. The largest absolute Gasteiger partial charge is 0.372 e. The highest BCUT2D eigenvalue weighted by Crippen LogP contribution is 2.28. The molecule has 5 heteroatoms. The molecule has 1 aromatic heterocycles. The van der Waals surface area contributed by atoms with E-state index >= 15 is 0 Å². The van der Waals surface area contributed by atoms with E-state index in [1.807, 2.05) is 43.3 Å². The predicted molar refractivity (Wildman–Crippen MR) is 108 cm³/mol. The number of rotatable bonds is 4. The summed E-state index contributed by atoms with van der Waals surface area (Å²) in [4.78, 5) is 20.0. The molecule has 1 fully saturated rings. The van der Waals surface area contributed by atoms with Gasteiger partial charge < -0.3 is 10.2 Å². The summed E-state index contributed by atoms with van der Waals surface area (Å²) in [5.74, 6) is -0.110. The first-order chi connectivity index (χ1) is 12.7. The maximum atomic E-state index is 12.6. The zero-order valence-corrected chi connectivity index (χ0v) is 15.6. The van der Waals surface area contributed by atoms with E-state index in [2.05, 4.69) is 27.3 Å². The Balaban J connectivity index is 1.49. The summed E-state index contributed by atoms with van der Waals surface area (Å²) in [6, 6.07) is 16.2. The van der Waals surface area contributed by atoms with Crippen LogP contribution in [-0.4, -0.2) is 24.0 Å². The average molecular weight is 363 g/mol. The highest BCUT2D eigenvalue weighted by atomic mass is 32.1. The fourth-order valence-electron chi connectivity index (χ4n) is 3.24. The Morgan fingerprint density at radius 3 is 2.62 bits per heavy atom. The van der Waals surface area contributed by atoms with Crippen LogP contribution in [0.5, 0.6) is 0 Å². The molecule has 0 atom stereocenters. The number of carbonyl (C=O) groups is 1. The Bertz CT molecular complexity index is 914. The van der Waals surface area contributed by atoms with Crippen molar-refractivity contribution in [3.63, 3.8) is 0 Å². The molecule has 0 aliphatic carbocycles. The lowest BCUT2D eigenvalue weighted by atomic mass is 10.1. The van der Waals surface area contributed by atoms with Gasteiger partial charge in [0.05, 0.1) is 6.20 Å². The minimum Gasteiger partial charge on any atom is -0.372 e. The van der Waals surface area contributed by atoms with Gasteiger partial charge in [0, 0.05) is 30.0 Å². The van der Waals surface area contributed by atoms with Gasteiger partial charge in [0.15, 0.2) is 0 Å². The number of aromatic nitrogens is 1. The summed E-state index contributed by atoms with van der Waals surface area (Å²) in [6.07, 6.45) is 4.16. The Hall–Kier alpha value is -2.66. The third-order valence-corrected chi connectivity index (χ3v) is 5.72. The van der Waals surface area contributed by atoms with Gasteiger partial charge in [-0.2, -0.15) is 0 Å². The average Bonchev–Trinajstić information content (AvgIpc) is 3.36. The molecule has 1 N–H and O–H groups in total. The van der Waals surface area contributed by atoms with Crippen LogP contribution in [0.4, 0.5) is 11.4 Å². The molecule has 1 aliphatic rings. The number of amides is 1. The molecular weight excluding hydrogens is 342 g/mol. The number of thiazole rings is 1. The lowest BCUT2D eigenvalue weighted by Gasteiger charge is -2.19. The van der Waals surface area contributed by atoms with Crippen molar-refractivity contribution in [2.75, 3.05) is 23.3 Å². The van der Waals surface area contributed by atoms with E-state index in [1.165, 1.54) is 29.9 Å². The summed E-state index contributed by atoms with van der Waals surface area (Å²) in [6.45, 7) is 4.28. The van der Waals surface area contributed by atoms with E-state index in [1.54, 1.807) is 6.20 Å². The summed E-state index contributed by atoms with van der Waals surface area (Å²) in [5.41, 5.74) is 4.20. The monoisotopic (exact) mass is 363 g/mol. The molecule has 0 saturated carbocycles. The van der Waals surface area contributed by atoms with Gasteiger partial charge in [-0.25, -0.2) is 4.98 Å². The molecular formula is C21H21N3OS. The van der Waals surface area contributed by atoms with Crippen LogP contribution < -0.4 is 10.2 Å². The van der Waals surface area contributed by atoms with Gasteiger partial charge >= 0.3 is 0 Å². The fraction of sp³-hybridized carbons (Fsp3) is 0.238. The second-order valence-electron chi connectivity index (χ2n) is 6.54. The molecule has 2 aromatic carbocycles. The maximum absolute atomic E-state index is 12.6. The summed E-state index contributed by atoms with van der Waals surface area (Å²) in [5, 5.41) is 3.88. The van der Waals surface area contributed by atoms with E-state index < -0.39 is 0 Å². The molecule has 3 aromatic rings. The van der Waals surface area contributed by atoms with Crippen molar-refractivity contribution in [2.45, 2.75) is 19.8 Å². The van der Waals surface area contributed by atoms with Crippen LogP contribution in [0, 0.1) is 6.92 Å². The van der Waals surface area contributed by atoms with Crippen LogP contribution in [-0.2, 0) is 0 Å². The summed E-state index contributed by atoms with van der Waals surface area (Å²) in [7, 11) is 0. The summed E-state index contributed by atoms with van der Waals surface area (Å²) < 4.78 is 0. The standard InChI is InChI=1S/C21H21N3OS/c1-15-13-17(24-11-5-6-12-24)9-10-18(15)23-20(25)19-14-22-21(26-19)16-7-3-2-4-8-16/h2-4,7-10,13-14H,5-6,11-12H2,1H3,(H,23,25). The SMILES string of the molecule is Cc1cc(N2CCCC2)ccc1NC(=O)c1cnc(-c2ccccc2)s1. The van der Waals surface area contributed by atoms with Crippen molar-refractivity contribution in [1.29, 1.82) is 0 Å². The quantitative estimate of drug-likeness (QED) is 0.712. The Kier molecular flexibility index (Phi) is 4.71. The Morgan fingerprint density at radius 2 is 1.88 bits per heavy atom. The molecule has 1 amide bonds. The Morgan fingerprint density at radius 1 is 1.12 bits per heavy atom. The number of hydrogen-bond donors (Lipinski definition) is 1. The molecule has 26 heavy (non-hydrogen) atoms. The smallest absolute Gasteiger partial charge is 0.267 e. The fourth-order valence-corrected chi connectivity index (χ4v) is 4.05. The van der Waals surface area contributed by atoms with Crippen molar-refractivity contribution in [3.8, 4) is 10.6 Å².